The number of halogens is 3. The standard InChI is InChI=1S/C13H13BrF2N2O2/c1-6(2)12-13(20)17-5-11(19)18(12)10-4-8(15)7(14)3-9(10)16/h3-4,6,12H,5H2,1-2H3,(H,17,20). The van der Waals surface area contributed by atoms with Crippen molar-refractivity contribution < 1.29 is 18.4 Å². The van der Waals surface area contributed by atoms with Crippen LogP contribution in [0.4, 0.5) is 14.5 Å². The van der Waals surface area contributed by atoms with Crippen LogP contribution in [0.15, 0.2) is 16.6 Å². The van der Waals surface area contributed by atoms with Crippen LogP contribution in [0, 0.1) is 17.6 Å². The summed E-state index contributed by atoms with van der Waals surface area (Å²) in [5.74, 6) is -2.52. The average Bonchev–Trinajstić information content (AvgIpc) is 2.36. The molecule has 2 amide bonds. The zero-order valence-electron chi connectivity index (χ0n) is 10.9. The molecule has 20 heavy (non-hydrogen) atoms. The summed E-state index contributed by atoms with van der Waals surface area (Å²) in [5.41, 5.74) is -0.218. The second-order valence-corrected chi connectivity index (χ2v) is 5.74. The first-order valence-electron chi connectivity index (χ1n) is 6.07. The maximum Gasteiger partial charge on any atom is 0.247 e. The molecule has 1 atom stereocenters. The number of carbonyl (C=O) groups excluding carboxylic acids is 2. The van der Waals surface area contributed by atoms with Gasteiger partial charge in [0.2, 0.25) is 11.8 Å². The van der Waals surface area contributed by atoms with Gasteiger partial charge in [0.25, 0.3) is 0 Å². The molecule has 1 aliphatic heterocycles. The lowest BCUT2D eigenvalue weighted by molar-refractivity contribution is -0.131. The summed E-state index contributed by atoms with van der Waals surface area (Å²) in [5, 5.41) is 2.45. The van der Waals surface area contributed by atoms with Crippen LogP contribution >= 0.6 is 15.9 Å². The van der Waals surface area contributed by atoms with E-state index in [0.717, 1.165) is 17.0 Å². The van der Waals surface area contributed by atoms with Gasteiger partial charge in [0.1, 0.15) is 17.7 Å². The number of benzene rings is 1. The molecular weight excluding hydrogens is 334 g/mol. The molecule has 1 aromatic carbocycles. The first-order valence-corrected chi connectivity index (χ1v) is 6.86. The summed E-state index contributed by atoms with van der Waals surface area (Å²) in [4.78, 5) is 24.9. The molecule has 7 heteroatoms. The van der Waals surface area contributed by atoms with E-state index in [1.54, 1.807) is 13.8 Å². The average molecular weight is 347 g/mol. The van der Waals surface area contributed by atoms with Crippen molar-refractivity contribution in [1.29, 1.82) is 0 Å². The Hall–Kier alpha value is -1.50. The lowest BCUT2D eigenvalue weighted by Gasteiger charge is -2.37. The van der Waals surface area contributed by atoms with E-state index in [2.05, 4.69) is 21.2 Å². The van der Waals surface area contributed by atoms with Crippen molar-refractivity contribution in [3.8, 4) is 0 Å². The Balaban J connectivity index is 2.54. The molecule has 0 aromatic heterocycles. The molecule has 0 aliphatic carbocycles. The van der Waals surface area contributed by atoms with Gasteiger partial charge in [0.15, 0.2) is 0 Å². The van der Waals surface area contributed by atoms with Gasteiger partial charge in [-0.2, -0.15) is 0 Å². The van der Waals surface area contributed by atoms with Gasteiger partial charge in [-0.1, -0.05) is 13.8 Å². The van der Waals surface area contributed by atoms with Crippen LogP contribution < -0.4 is 10.2 Å². The van der Waals surface area contributed by atoms with E-state index in [0.29, 0.717) is 0 Å². The van der Waals surface area contributed by atoms with E-state index >= 15 is 0 Å². The number of carbonyl (C=O) groups is 2. The predicted octanol–water partition coefficient (Wildman–Crippen LogP) is 2.21. The molecule has 0 bridgehead atoms. The maximum atomic E-state index is 14.0. The summed E-state index contributed by atoms with van der Waals surface area (Å²) in [6.45, 7) is 3.26. The molecule has 0 spiro atoms. The highest BCUT2D eigenvalue weighted by atomic mass is 79.9. The van der Waals surface area contributed by atoms with E-state index < -0.39 is 23.6 Å². The van der Waals surface area contributed by atoms with Gasteiger partial charge < -0.3 is 5.32 Å². The van der Waals surface area contributed by atoms with Crippen molar-refractivity contribution in [2.75, 3.05) is 11.4 Å². The molecule has 0 saturated carbocycles. The van der Waals surface area contributed by atoms with Crippen molar-refractivity contribution in [2.45, 2.75) is 19.9 Å². The number of amides is 2. The summed E-state index contributed by atoms with van der Waals surface area (Å²) in [6.07, 6.45) is 0. The Labute approximate surface area is 123 Å². The van der Waals surface area contributed by atoms with Gasteiger partial charge in [-0.15, -0.1) is 0 Å². The van der Waals surface area contributed by atoms with E-state index in [1.165, 1.54) is 0 Å². The Morgan fingerprint density at radius 3 is 2.55 bits per heavy atom. The minimum atomic E-state index is -0.855. The van der Waals surface area contributed by atoms with Gasteiger partial charge in [-0.3, -0.25) is 14.5 Å². The summed E-state index contributed by atoms with van der Waals surface area (Å²) < 4.78 is 27.6. The van der Waals surface area contributed by atoms with E-state index in [9.17, 15) is 18.4 Å². The molecule has 2 rings (SSSR count). The molecule has 108 valence electrons. The van der Waals surface area contributed by atoms with Crippen LogP contribution in [-0.4, -0.2) is 24.4 Å². The van der Waals surface area contributed by atoms with Crippen LogP contribution in [0.1, 0.15) is 13.8 Å². The van der Waals surface area contributed by atoms with E-state index in [-0.39, 0.29) is 28.5 Å². The molecular formula is C13H13BrF2N2O2. The molecule has 1 aliphatic rings. The SMILES string of the molecule is CC(C)C1C(=O)NCC(=O)N1c1cc(F)c(Br)cc1F. The zero-order chi connectivity index (χ0) is 15.0. The van der Waals surface area contributed by atoms with Crippen molar-refractivity contribution >= 4 is 33.4 Å². The molecule has 1 unspecified atom stereocenters. The number of nitrogens with one attached hydrogen (secondary N) is 1. The highest BCUT2D eigenvalue weighted by Gasteiger charge is 2.38. The third-order valence-corrected chi connectivity index (χ3v) is 3.72. The highest BCUT2D eigenvalue weighted by Crippen LogP contribution is 2.30. The number of hydrogen-bond acceptors (Lipinski definition) is 2. The van der Waals surface area contributed by atoms with Crippen molar-refractivity contribution in [1.82, 2.24) is 5.32 Å². The molecule has 1 saturated heterocycles. The van der Waals surface area contributed by atoms with E-state index in [1.807, 2.05) is 0 Å². The quantitative estimate of drug-likeness (QED) is 0.834. The van der Waals surface area contributed by atoms with Gasteiger partial charge >= 0.3 is 0 Å². The number of rotatable bonds is 2. The number of hydrogen-bond donors (Lipinski definition) is 1. The van der Waals surface area contributed by atoms with Crippen molar-refractivity contribution in [2.24, 2.45) is 5.92 Å². The second kappa shape index (κ2) is 5.47. The smallest absolute Gasteiger partial charge is 0.247 e. The number of nitrogens with zero attached hydrogens (tertiary/aromatic N) is 1. The maximum absolute atomic E-state index is 14.0. The summed E-state index contributed by atoms with van der Waals surface area (Å²) in [7, 11) is 0. The summed E-state index contributed by atoms with van der Waals surface area (Å²) >= 11 is 2.88. The number of piperazine rings is 1. The first-order chi connectivity index (χ1) is 9.32. The minimum absolute atomic E-state index is 0.0336. The van der Waals surface area contributed by atoms with Gasteiger partial charge in [0.05, 0.1) is 16.7 Å². The molecule has 4 nitrogen and oxygen atoms in total. The molecule has 0 radical (unpaired) electrons. The van der Waals surface area contributed by atoms with Crippen LogP contribution in [0.3, 0.4) is 0 Å². The van der Waals surface area contributed by atoms with Crippen LogP contribution in [0.25, 0.3) is 0 Å². The highest BCUT2D eigenvalue weighted by molar-refractivity contribution is 9.10. The second-order valence-electron chi connectivity index (χ2n) is 4.89. The van der Waals surface area contributed by atoms with Crippen LogP contribution in [0.2, 0.25) is 0 Å². The van der Waals surface area contributed by atoms with Crippen molar-refractivity contribution in [3.05, 3.63) is 28.2 Å². The summed E-state index contributed by atoms with van der Waals surface area (Å²) in [6, 6.07) is 1.01. The van der Waals surface area contributed by atoms with Gasteiger partial charge in [-0.25, -0.2) is 8.78 Å². The fraction of sp³-hybridized carbons (Fsp3) is 0.385. The monoisotopic (exact) mass is 346 g/mol. The Bertz CT molecular complexity index is 578. The van der Waals surface area contributed by atoms with Crippen molar-refractivity contribution in [3.63, 3.8) is 0 Å². The van der Waals surface area contributed by atoms with E-state index in [4.69, 9.17) is 0 Å². The molecule has 1 N–H and O–H groups in total. The molecule has 1 aromatic rings. The normalized spacial score (nSPS) is 19.5. The van der Waals surface area contributed by atoms with Gasteiger partial charge in [-0.05, 0) is 27.9 Å². The third-order valence-electron chi connectivity index (χ3n) is 3.11. The third kappa shape index (κ3) is 2.54. The predicted molar refractivity (Wildman–Crippen MR) is 73.2 cm³/mol. The first kappa shape index (κ1) is 14.9. The van der Waals surface area contributed by atoms with Crippen LogP contribution in [0.5, 0.6) is 0 Å². The molecule has 1 fully saturated rings. The topological polar surface area (TPSA) is 49.4 Å². The fourth-order valence-electron chi connectivity index (χ4n) is 2.21. The minimum Gasteiger partial charge on any atom is -0.345 e. The Morgan fingerprint density at radius 2 is 1.95 bits per heavy atom. The number of anilines is 1. The largest absolute Gasteiger partial charge is 0.345 e. The van der Waals surface area contributed by atoms with Crippen LogP contribution in [-0.2, 0) is 9.59 Å². The lowest BCUT2D eigenvalue weighted by Crippen LogP contribution is -2.60. The molecule has 1 heterocycles. The fourth-order valence-corrected chi connectivity index (χ4v) is 2.52. The zero-order valence-corrected chi connectivity index (χ0v) is 12.5. The lowest BCUT2D eigenvalue weighted by atomic mass is 9.98. The Kier molecular flexibility index (Phi) is 4.08. The van der Waals surface area contributed by atoms with Gasteiger partial charge in [0, 0.05) is 6.07 Å². The Morgan fingerprint density at radius 1 is 1.30 bits per heavy atom.